The van der Waals surface area contributed by atoms with Gasteiger partial charge in [-0.15, -0.1) is 0 Å². The second-order valence-corrected chi connectivity index (χ2v) is 5.56. The second-order valence-electron chi connectivity index (χ2n) is 5.56. The molecule has 23 heavy (non-hydrogen) atoms. The Kier molecular flexibility index (Phi) is 4.58. The highest BCUT2D eigenvalue weighted by molar-refractivity contribution is 5.98. The van der Waals surface area contributed by atoms with E-state index >= 15 is 0 Å². The summed E-state index contributed by atoms with van der Waals surface area (Å²) in [6.07, 6.45) is 0.971. The summed E-state index contributed by atoms with van der Waals surface area (Å²) >= 11 is 0. The summed E-state index contributed by atoms with van der Waals surface area (Å²) in [5, 5.41) is 0. The van der Waals surface area contributed by atoms with Gasteiger partial charge in [0.25, 0.3) is 0 Å². The Balaban J connectivity index is 2.26. The van der Waals surface area contributed by atoms with Crippen LogP contribution >= 0.6 is 0 Å². The van der Waals surface area contributed by atoms with E-state index in [1.807, 2.05) is 12.1 Å². The zero-order valence-corrected chi connectivity index (χ0v) is 13.4. The average Bonchev–Trinajstić information content (AvgIpc) is 2.62. The minimum Gasteiger partial charge on any atom is -0.399 e. The number of benzene rings is 3. The van der Waals surface area contributed by atoms with E-state index < -0.39 is 0 Å². The molecule has 0 aliphatic carbocycles. The van der Waals surface area contributed by atoms with Gasteiger partial charge in [0.1, 0.15) is 0 Å². The molecule has 0 atom stereocenters. The summed E-state index contributed by atoms with van der Waals surface area (Å²) in [5.74, 6) is 0. The summed E-state index contributed by atoms with van der Waals surface area (Å²) in [4.78, 5) is 0. The van der Waals surface area contributed by atoms with E-state index in [9.17, 15) is 0 Å². The topological polar surface area (TPSA) is 26.0 Å². The third kappa shape index (κ3) is 3.35. The molecule has 0 aromatic heterocycles. The minimum atomic E-state index is 0.791. The molecule has 1 heteroatoms. The Bertz CT molecular complexity index is 784. The second kappa shape index (κ2) is 6.97. The molecule has 0 amide bonds. The zero-order valence-electron chi connectivity index (χ0n) is 13.4. The van der Waals surface area contributed by atoms with Crippen molar-refractivity contribution in [2.75, 3.05) is 5.73 Å². The van der Waals surface area contributed by atoms with Crippen LogP contribution in [0.2, 0.25) is 0 Å². The van der Waals surface area contributed by atoms with Crippen LogP contribution in [0.25, 0.3) is 11.1 Å². The zero-order chi connectivity index (χ0) is 16.1. The minimum absolute atomic E-state index is 0.791. The third-order valence-corrected chi connectivity index (χ3v) is 4.04. The lowest BCUT2D eigenvalue weighted by Crippen LogP contribution is -1.95. The highest BCUT2D eigenvalue weighted by atomic mass is 14.5. The predicted octanol–water partition coefficient (Wildman–Crippen LogP) is 5.64. The van der Waals surface area contributed by atoms with Crippen LogP contribution in [0.4, 0.5) is 5.69 Å². The van der Waals surface area contributed by atoms with Crippen LogP contribution < -0.4 is 5.73 Å². The monoisotopic (exact) mass is 299 g/mol. The van der Waals surface area contributed by atoms with E-state index in [2.05, 4.69) is 79.7 Å². The molecule has 2 N–H and O–H groups in total. The van der Waals surface area contributed by atoms with Crippen molar-refractivity contribution in [3.63, 3.8) is 0 Å². The van der Waals surface area contributed by atoms with Gasteiger partial charge in [-0.3, -0.25) is 0 Å². The molecule has 3 aromatic rings. The first kappa shape index (κ1) is 15.1. The van der Waals surface area contributed by atoms with E-state index in [0.717, 1.165) is 12.1 Å². The number of hydrogen-bond acceptors (Lipinski definition) is 1. The molecule has 114 valence electrons. The van der Waals surface area contributed by atoms with Crippen molar-refractivity contribution in [2.24, 2.45) is 0 Å². The molecule has 0 spiro atoms. The third-order valence-electron chi connectivity index (χ3n) is 4.04. The predicted molar refractivity (Wildman–Crippen MR) is 99.9 cm³/mol. The Morgan fingerprint density at radius 1 is 0.652 bits per heavy atom. The van der Waals surface area contributed by atoms with E-state index in [1.165, 1.54) is 27.8 Å². The van der Waals surface area contributed by atoms with Crippen LogP contribution in [0, 0.1) is 0 Å². The van der Waals surface area contributed by atoms with Crippen molar-refractivity contribution < 1.29 is 0 Å². The highest BCUT2D eigenvalue weighted by Gasteiger charge is 2.12. The van der Waals surface area contributed by atoms with Gasteiger partial charge < -0.3 is 5.73 Å². The van der Waals surface area contributed by atoms with Gasteiger partial charge in [0.2, 0.25) is 0 Å². The fourth-order valence-corrected chi connectivity index (χ4v) is 2.93. The van der Waals surface area contributed by atoms with Gasteiger partial charge in [-0.2, -0.15) is 0 Å². The maximum absolute atomic E-state index is 5.87. The van der Waals surface area contributed by atoms with Gasteiger partial charge in [-0.05, 0) is 46.4 Å². The fourth-order valence-electron chi connectivity index (χ4n) is 2.93. The molecule has 0 heterocycles. The normalized spacial score (nSPS) is 11.9. The van der Waals surface area contributed by atoms with Crippen LogP contribution in [-0.4, -0.2) is 0 Å². The molecule has 0 unspecified atom stereocenters. The van der Waals surface area contributed by atoms with Crippen LogP contribution in [0.1, 0.15) is 30.0 Å². The first-order valence-electron chi connectivity index (χ1n) is 7.99. The molecular formula is C22H21N. The lowest BCUT2D eigenvalue weighted by Gasteiger charge is -2.16. The van der Waals surface area contributed by atoms with Crippen molar-refractivity contribution in [2.45, 2.75) is 13.3 Å². The van der Waals surface area contributed by atoms with Crippen LogP contribution in [0.15, 0.2) is 84.9 Å². The SMILES string of the molecule is CC/C(=C(/c1ccccc1)c1ccc(N)cc1)c1ccccc1. The van der Waals surface area contributed by atoms with Gasteiger partial charge in [-0.25, -0.2) is 0 Å². The molecule has 0 saturated heterocycles. The summed E-state index contributed by atoms with van der Waals surface area (Å²) in [6.45, 7) is 2.21. The lowest BCUT2D eigenvalue weighted by atomic mass is 9.88. The van der Waals surface area contributed by atoms with E-state index in [1.54, 1.807) is 0 Å². The summed E-state index contributed by atoms with van der Waals surface area (Å²) in [5.41, 5.74) is 13.0. The largest absolute Gasteiger partial charge is 0.399 e. The Hall–Kier alpha value is -2.80. The van der Waals surface area contributed by atoms with E-state index in [4.69, 9.17) is 5.73 Å². The Morgan fingerprint density at radius 2 is 1.13 bits per heavy atom. The average molecular weight is 299 g/mol. The fraction of sp³-hybridized carbons (Fsp3) is 0.0909. The number of anilines is 1. The van der Waals surface area contributed by atoms with Crippen molar-refractivity contribution in [1.29, 1.82) is 0 Å². The quantitative estimate of drug-likeness (QED) is 0.490. The summed E-state index contributed by atoms with van der Waals surface area (Å²) in [6, 6.07) is 29.3. The molecule has 3 rings (SSSR count). The van der Waals surface area contributed by atoms with E-state index in [-0.39, 0.29) is 0 Å². The van der Waals surface area contributed by atoms with Gasteiger partial charge in [-0.1, -0.05) is 79.7 Å². The molecule has 0 aliphatic heterocycles. The first-order valence-corrected chi connectivity index (χ1v) is 7.99. The molecule has 3 aromatic carbocycles. The van der Waals surface area contributed by atoms with Crippen LogP contribution in [0.3, 0.4) is 0 Å². The van der Waals surface area contributed by atoms with Gasteiger partial charge in [0.15, 0.2) is 0 Å². The molecule has 0 fully saturated rings. The Labute approximate surface area is 138 Å². The molecular weight excluding hydrogens is 278 g/mol. The number of rotatable bonds is 4. The number of hydrogen-bond donors (Lipinski definition) is 1. The molecule has 0 radical (unpaired) electrons. The molecule has 0 saturated carbocycles. The first-order chi connectivity index (χ1) is 11.3. The van der Waals surface area contributed by atoms with Crippen LogP contribution in [-0.2, 0) is 0 Å². The number of allylic oxidation sites excluding steroid dienone is 1. The smallest absolute Gasteiger partial charge is 0.0314 e. The Morgan fingerprint density at radius 3 is 1.65 bits per heavy atom. The van der Waals surface area contributed by atoms with Crippen LogP contribution in [0.5, 0.6) is 0 Å². The van der Waals surface area contributed by atoms with Gasteiger partial charge >= 0.3 is 0 Å². The van der Waals surface area contributed by atoms with Crippen molar-refractivity contribution in [1.82, 2.24) is 0 Å². The number of nitrogens with two attached hydrogens (primary N) is 1. The van der Waals surface area contributed by atoms with Gasteiger partial charge in [0, 0.05) is 5.69 Å². The molecule has 0 aliphatic rings. The maximum Gasteiger partial charge on any atom is 0.0314 e. The van der Waals surface area contributed by atoms with Gasteiger partial charge in [0.05, 0.1) is 0 Å². The molecule has 1 nitrogen and oxygen atoms in total. The standard InChI is InChI=1S/C22H21N/c1-2-21(17-9-5-3-6-10-17)22(18-11-7-4-8-12-18)19-13-15-20(23)16-14-19/h3-16H,2,23H2,1H3/b22-21+. The van der Waals surface area contributed by atoms with Crippen molar-refractivity contribution >= 4 is 16.8 Å². The summed E-state index contributed by atoms with van der Waals surface area (Å²) in [7, 11) is 0. The highest BCUT2D eigenvalue weighted by Crippen LogP contribution is 2.34. The van der Waals surface area contributed by atoms with Crippen molar-refractivity contribution in [3.8, 4) is 0 Å². The molecule has 0 bridgehead atoms. The lowest BCUT2D eigenvalue weighted by molar-refractivity contribution is 1.24. The number of nitrogen functional groups attached to an aromatic ring is 1. The van der Waals surface area contributed by atoms with Crippen molar-refractivity contribution in [3.05, 3.63) is 102 Å². The van der Waals surface area contributed by atoms with E-state index in [0.29, 0.717) is 0 Å². The maximum atomic E-state index is 5.87. The summed E-state index contributed by atoms with van der Waals surface area (Å²) < 4.78 is 0.